The van der Waals surface area contributed by atoms with Gasteiger partial charge in [0.2, 0.25) is 10.0 Å². The lowest BCUT2D eigenvalue weighted by Crippen LogP contribution is -3.13. The first-order chi connectivity index (χ1) is 13.4. The van der Waals surface area contributed by atoms with Crippen molar-refractivity contribution in [3.63, 3.8) is 0 Å². The summed E-state index contributed by atoms with van der Waals surface area (Å²) >= 11 is 0. The van der Waals surface area contributed by atoms with Crippen molar-refractivity contribution in [3.8, 4) is 5.75 Å². The maximum atomic E-state index is 13.9. The third-order valence-corrected chi connectivity index (χ3v) is 6.99. The highest BCUT2D eigenvalue weighted by atomic mass is 32.2. The number of quaternary nitrogens is 1. The van der Waals surface area contributed by atoms with E-state index in [4.69, 9.17) is 9.47 Å². The molecule has 28 heavy (non-hydrogen) atoms. The lowest BCUT2D eigenvalue weighted by atomic mass is 10.1. The third kappa shape index (κ3) is 3.88. The molecule has 0 radical (unpaired) electrons. The maximum Gasteiger partial charge on any atom is 0.243 e. The number of benzene rings is 2. The van der Waals surface area contributed by atoms with Crippen LogP contribution in [0.2, 0.25) is 0 Å². The van der Waals surface area contributed by atoms with Crippen LogP contribution in [0.1, 0.15) is 11.1 Å². The molecular formula is C19H21F2N2O4S+. The minimum atomic E-state index is -3.64. The van der Waals surface area contributed by atoms with Crippen LogP contribution in [0.5, 0.6) is 5.75 Å². The van der Waals surface area contributed by atoms with Crippen molar-refractivity contribution in [2.45, 2.75) is 18.0 Å². The van der Waals surface area contributed by atoms with Crippen LogP contribution in [0.15, 0.2) is 41.3 Å². The van der Waals surface area contributed by atoms with Gasteiger partial charge in [0.1, 0.15) is 23.9 Å². The third-order valence-electron chi connectivity index (χ3n) is 5.07. The molecule has 2 heterocycles. The lowest BCUT2D eigenvalue weighted by molar-refractivity contribution is -0.917. The molecular weight excluding hydrogens is 390 g/mol. The van der Waals surface area contributed by atoms with Gasteiger partial charge in [0.15, 0.2) is 6.79 Å². The van der Waals surface area contributed by atoms with Crippen LogP contribution in [-0.4, -0.2) is 45.7 Å². The molecule has 0 unspecified atom stereocenters. The molecule has 1 fully saturated rings. The number of piperazine rings is 1. The highest BCUT2D eigenvalue weighted by Gasteiger charge is 2.31. The number of halogens is 2. The molecule has 0 bridgehead atoms. The van der Waals surface area contributed by atoms with Gasteiger partial charge in [-0.25, -0.2) is 17.2 Å². The summed E-state index contributed by atoms with van der Waals surface area (Å²) < 4.78 is 64.6. The summed E-state index contributed by atoms with van der Waals surface area (Å²) in [5.41, 5.74) is 1.46. The second kappa shape index (κ2) is 7.75. The van der Waals surface area contributed by atoms with Crippen molar-refractivity contribution in [1.29, 1.82) is 0 Å². The van der Waals surface area contributed by atoms with Gasteiger partial charge in [-0.15, -0.1) is 0 Å². The molecule has 0 amide bonds. The van der Waals surface area contributed by atoms with Crippen LogP contribution in [0.3, 0.4) is 0 Å². The van der Waals surface area contributed by atoms with Crippen molar-refractivity contribution in [2.24, 2.45) is 0 Å². The van der Waals surface area contributed by atoms with E-state index in [2.05, 4.69) is 0 Å². The molecule has 2 aliphatic rings. The van der Waals surface area contributed by atoms with Gasteiger partial charge in [-0.2, -0.15) is 4.31 Å². The van der Waals surface area contributed by atoms with E-state index in [-0.39, 0.29) is 17.5 Å². The van der Waals surface area contributed by atoms with E-state index in [1.165, 1.54) is 28.6 Å². The van der Waals surface area contributed by atoms with E-state index in [9.17, 15) is 17.2 Å². The van der Waals surface area contributed by atoms with Crippen LogP contribution in [-0.2, 0) is 27.9 Å². The topological polar surface area (TPSA) is 60.3 Å². The van der Waals surface area contributed by atoms with Crippen molar-refractivity contribution < 1.29 is 31.6 Å². The average Bonchev–Trinajstić information content (AvgIpc) is 2.68. The Morgan fingerprint density at radius 3 is 2.46 bits per heavy atom. The quantitative estimate of drug-likeness (QED) is 0.813. The maximum absolute atomic E-state index is 13.9. The number of sulfonamides is 1. The minimum Gasteiger partial charge on any atom is -0.467 e. The van der Waals surface area contributed by atoms with Crippen LogP contribution < -0.4 is 9.64 Å². The SMILES string of the molecule is O=S(=O)(c1ccc(F)cc1)N1CC[NH+](Cc2cc(F)cc3c2OCOC3)CC1. The van der Waals surface area contributed by atoms with Gasteiger partial charge in [-0.3, -0.25) is 0 Å². The number of nitrogens with zero attached hydrogens (tertiary/aromatic N) is 1. The van der Waals surface area contributed by atoms with Gasteiger partial charge in [0, 0.05) is 5.56 Å². The summed E-state index contributed by atoms with van der Waals surface area (Å²) in [4.78, 5) is 1.23. The number of hydrogen-bond acceptors (Lipinski definition) is 4. The number of ether oxygens (including phenoxy) is 2. The minimum absolute atomic E-state index is 0.0879. The first-order valence-corrected chi connectivity index (χ1v) is 10.5. The summed E-state index contributed by atoms with van der Waals surface area (Å²) in [7, 11) is -3.64. The van der Waals surface area contributed by atoms with Gasteiger partial charge >= 0.3 is 0 Å². The monoisotopic (exact) mass is 411 g/mol. The van der Waals surface area contributed by atoms with Crippen LogP contribution >= 0.6 is 0 Å². The molecule has 2 aliphatic heterocycles. The van der Waals surface area contributed by atoms with Gasteiger partial charge in [-0.05, 0) is 36.4 Å². The van der Waals surface area contributed by atoms with Crippen LogP contribution in [0, 0.1) is 11.6 Å². The molecule has 0 spiro atoms. The number of hydrogen-bond donors (Lipinski definition) is 1. The molecule has 1 N–H and O–H groups in total. The summed E-state index contributed by atoms with van der Waals surface area (Å²) in [5, 5.41) is 0. The van der Waals surface area contributed by atoms with Gasteiger partial charge in [0.05, 0.1) is 43.2 Å². The number of fused-ring (bicyclic) bond motifs is 1. The molecule has 6 nitrogen and oxygen atoms in total. The van der Waals surface area contributed by atoms with Crippen LogP contribution in [0.4, 0.5) is 8.78 Å². The molecule has 9 heteroatoms. The van der Waals surface area contributed by atoms with E-state index in [0.717, 1.165) is 22.6 Å². The Morgan fingerprint density at radius 1 is 1.04 bits per heavy atom. The van der Waals surface area contributed by atoms with Gasteiger partial charge in [0.25, 0.3) is 0 Å². The van der Waals surface area contributed by atoms with Crippen molar-refractivity contribution >= 4 is 10.0 Å². The fourth-order valence-corrected chi connectivity index (χ4v) is 5.07. The zero-order valence-electron chi connectivity index (χ0n) is 15.2. The normalized spacial score (nSPS) is 18.5. The van der Waals surface area contributed by atoms with Gasteiger partial charge < -0.3 is 14.4 Å². The van der Waals surface area contributed by atoms with Gasteiger partial charge in [-0.1, -0.05) is 0 Å². The van der Waals surface area contributed by atoms with E-state index in [1.807, 2.05) is 0 Å². The molecule has 4 rings (SSSR count). The van der Waals surface area contributed by atoms with Crippen molar-refractivity contribution in [1.82, 2.24) is 4.31 Å². The van der Waals surface area contributed by atoms with E-state index < -0.39 is 15.8 Å². The predicted molar refractivity (Wildman–Crippen MR) is 96.2 cm³/mol. The highest BCUT2D eigenvalue weighted by molar-refractivity contribution is 7.89. The Kier molecular flexibility index (Phi) is 5.33. The van der Waals surface area contributed by atoms with E-state index in [0.29, 0.717) is 50.6 Å². The Labute approximate surface area is 162 Å². The molecule has 0 aromatic heterocycles. The first-order valence-electron chi connectivity index (χ1n) is 9.04. The number of rotatable bonds is 4. The average molecular weight is 411 g/mol. The van der Waals surface area contributed by atoms with E-state index >= 15 is 0 Å². The van der Waals surface area contributed by atoms with Crippen molar-refractivity contribution in [2.75, 3.05) is 33.0 Å². The Balaban J connectivity index is 1.44. The molecule has 0 atom stereocenters. The molecule has 2 aromatic rings. The second-order valence-electron chi connectivity index (χ2n) is 6.95. The first kappa shape index (κ1) is 19.3. The molecule has 0 saturated carbocycles. The fraction of sp³-hybridized carbons (Fsp3) is 0.368. The standard InChI is InChI=1S/C19H20F2N2O4S/c20-16-1-3-18(4-2-16)28(24,25)23-7-5-22(6-8-23)11-14-9-17(21)10-15-12-26-13-27-19(14)15/h1-4,9-10H,5-8,11-13H2/p+1. The summed E-state index contributed by atoms with van der Waals surface area (Å²) in [6.45, 7) is 2.87. The largest absolute Gasteiger partial charge is 0.467 e. The summed E-state index contributed by atoms with van der Waals surface area (Å²) in [5.74, 6) is -0.138. The molecule has 150 valence electrons. The Morgan fingerprint density at radius 2 is 1.75 bits per heavy atom. The Bertz CT molecular complexity index is 959. The zero-order chi connectivity index (χ0) is 19.7. The van der Waals surface area contributed by atoms with Crippen LogP contribution in [0.25, 0.3) is 0 Å². The predicted octanol–water partition coefficient (Wildman–Crippen LogP) is 0.921. The zero-order valence-corrected chi connectivity index (χ0v) is 16.0. The van der Waals surface area contributed by atoms with Crippen molar-refractivity contribution in [3.05, 3.63) is 59.2 Å². The molecule has 2 aromatic carbocycles. The second-order valence-corrected chi connectivity index (χ2v) is 8.89. The fourth-order valence-electron chi connectivity index (χ4n) is 3.63. The molecule has 0 aliphatic carbocycles. The molecule has 1 saturated heterocycles. The van der Waals surface area contributed by atoms with E-state index in [1.54, 1.807) is 0 Å². The Hall–Kier alpha value is -2.07. The summed E-state index contributed by atoms with van der Waals surface area (Å²) in [6, 6.07) is 7.74. The highest BCUT2D eigenvalue weighted by Crippen LogP contribution is 2.29. The lowest BCUT2D eigenvalue weighted by Gasteiger charge is -2.32. The smallest absolute Gasteiger partial charge is 0.243 e. The number of nitrogens with one attached hydrogen (secondary N) is 1. The summed E-state index contributed by atoms with van der Waals surface area (Å²) in [6.07, 6.45) is 0.